The van der Waals surface area contributed by atoms with Crippen molar-refractivity contribution in [1.82, 2.24) is 10.2 Å². The first-order valence-corrected chi connectivity index (χ1v) is 12.4. The van der Waals surface area contributed by atoms with Gasteiger partial charge in [0, 0.05) is 36.8 Å². The standard InChI is InChI=1S/C25H36N4O.C3H8/c1-4-5-7-22(18-25(2,3)19-26)8-6-16-29-17-15-28-24(29)23-11-9-21(10-12-23)13-14-27-20-30;1-3-2/h5,7,9-12,18-20,26H,4,6,8,13-17H2,1-3H3,(H,27,30);3H2,1-2H3/b7-5-,22-18+,26-19?;. The number of amides is 1. The van der Waals surface area contributed by atoms with Crippen molar-refractivity contribution in [2.45, 2.75) is 66.7 Å². The zero-order chi connectivity index (χ0) is 24.5. The molecule has 0 unspecified atom stereocenters. The predicted octanol–water partition coefficient (Wildman–Crippen LogP) is 5.80. The molecule has 0 spiro atoms. The summed E-state index contributed by atoms with van der Waals surface area (Å²) in [6, 6.07) is 8.51. The Morgan fingerprint density at radius 2 is 1.91 bits per heavy atom. The van der Waals surface area contributed by atoms with Crippen molar-refractivity contribution >= 4 is 18.5 Å². The Morgan fingerprint density at radius 3 is 2.52 bits per heavy atom. The first-order chi connectivity index (χ1) is 15.9. The minimum atomic E-state index is -0.212. The molecule has 0 bridgehead atoms. The zero-order valence-corrected chi connectivity index (χ0v) is 21.4. The number of hydrogen-bond acceptors (Lipinski definition) is 4. The lowest BCUT2D eigenvalue weighted by molar-refractivity contribution is -0.109. The number of hydrogen-bond donors (Lipinski definition) is 2. The summed E-state index contributed by atoms with van der Waals surface area (Å²) >= 11 is 0. The predicted molar refractivity (Wildman–Crippen MR) is 142 cm³/mol. The molecular formula is C28H44N4O. The Morgan fingerprint density at radius 1 is 1.21 bits per heavy atom. The summed E-state index contributed by atoms with van der Waals surface area (Å²) in [6.45, 7) is 14.0. The van der Waals surface area contributed by atoms with Crippen LogP contribution in [0.3, 0.4) is 0 Å². The fourth-order valence-electron chi connectivity index (χ4n) is 3.54. The number of benzene rings is 1. The van der Waals surface area contributed by atoms with Gasteiger partial charge in [0.2, 0.25) is 6.41 Å². The SMILES string of the molecule is CC/C=C\C(=C/C(C)(C)C=N)CCCN1CCN=C1c1ccc(CCNC=O)cc1.CCC. The van der Waals surface area contributed by atoms with E-state index in [1.165, 1.54) is 23.8 Å². The van der Waals surface area contributed by atoms with Gasteiger partial charge in [-0.25, -0.2) is 0 Å². The molecule has 1 aliphatic rings. The van der Waals surface area contributed by atoms with E-state index in [-0.39, 0.29) is 5.41 Å². The minimum Gasteiger partial charge on any atom is -0.358 e. The van der Waals surface area contributed by atoms with Gasteiger partial charge in [-0.2, -0.15) is 0 Å². The van der Waals surface area contributed by atoms with Crippen molar-refractivity contribution < 1.29 is 4.79 Å². The smallest absolute Gasteiger partial charge is 0.207 e. The first-order valence-electron chi connectivity index (χ1n) is 12.4. The van der Waals surface area contributed by atoms with Gasteiger partial charge in [-0.1, -0.05) is 89.1 Å². The second kappa shape index (κ2) is 16.0. The molecule has 182 valence electrons. The third-order valence-corrected chi connectivity index (χ3v) is 5.18. The lowest BCUT2D eigenvalue weighted by Crippen LogP contribution is -2.29. The molecule has 1 amide bonds. The monoisotopic (exact) mass is 452 g/mol. The van der Waals surface area contributed by atoms with E-state index in [1.807, 2.05) is 0 Å². The maximum atomic E-state index is 10.4. The van der Waals surface area contributed by atoms with Gasteiger partial charge in [0.25, 0.3) is 0 Å². The summed E-state index contributed by atoms with van der Waals surface area (Å²) in [6.07, 6.45) is 14.0. The highest BCUT2D eigenvalue weighted by atomic mass is 16.1. The molecule has 1 aromatic rings. The Bertz CT molecular complexity index is 791. The Hall–Kier alpha value is -2.69. The molecule has 1 heterocycles. The average Bonchev–Trinajstić information content (AvgIpc) is 3.27. The van der Waals surface area contributed by atoms with Gasteiger partial charge in [0.1, 0.15) is 5.84 Å². The highest BCUT2D eigenvalue weighted by molar-refractivity contribution is 5.99. The van der Waals surface area contributed by atoms with Crippen LogP contribution >= 0.6 is 0 Å². The molecule has 0 radical (unpaired) electrons. The van der Waals surface area contributed by atoms with E-state index in [2.05, 4.69) is 87.3 Å². The number of carbonyl (C=O) groups excluding carboxylic acids is 1. The van der Waals surface area contributed by atoms with Gasteiger partial charge in [-0.3, -0.25) is 9.79 Å². The van der Waals surface area contributed by atoms with Crippen molar-refractivity contribution in [2.24, 2.45) is 10.4 Å². The van der Waals surface area contributed by atoms with E-state index in [1.54, 1.807) is 0 Å². The molecule has 0 saturated carbocycles. The van der Waals surface area contributed by atoms with E-state index >= 15 is 0 Å². The van der Waals surface area contributed by atoms with Gasteiger partial charge in [-0.05, 0) is 31.2 Å². The highest BCUT2D eigenvalue weighted by Crippen LogP contribution is 2.21. The maximum Gasteiger partial charge on any atom is 0.207 e. The lowest BCUT2D eigenvalue weighted by Gasteiger charge is -2.21. The molecule has 2 rings (SSSR count). The zero-order valence-electron chi connectivity index (χ0n) is 21.4. The summed E-state index contributed by atoms with van der Waals surface area (Å²) in [4.78, 5) is 17.5. The van der Waals surface area contributed by atoms with Crippen LogP contribution in [0.1, 0.15) is 71.4 Å². The van der Waals surface area contributed by atoms with Crippen LogP contribution < -0.4 is 5.32 Å². The molecule has 0 aromatic heterocycles. The third kappa shape index (κ3) is 11.1. The van der Waals surface area contributed by atoms with Crippen molar-refractivity contribution in [2.75, 3.05) is 26.2 Å². The van der Waals surface area contributed by atoms with Crippen LogP contribution in [0.5, 0.6) is 0 Å². The number of carbonyl (C=O) groups is 1. The molecular weight excluding hydrogens is 408 g/mol. The molecule has 0 atom stereocenters. The number of amidine groups is 1. The van der Waals surface area contributed by atoms with Crippen LogP contribution in [0, 0.1) is 10.8 Å². The summed E-state index contributed by atoms with van der Waals surface area (Å²) in [5.41, 5.74) is 3.46. The number of nitrogens with zero attached hydrogens (tertiary/aromatic N) is 2. The molecule has 2 N–H and O–H groups in total. The lowest BCUT2D eigenvalue weighted by atomic mass is 9.90. The number of rotatable bonds is 13. The quantitative estimate of drug-likeness (QED) is 0.172. The number of aliphatic imine (C=N–C) groups is 1. The molecule has 33 heavy (non-hydrogen) atoms. The molecule has 5 heteroatoms. The number of nitrogens with one attached hydrogen (secondary N) is 2. The van der Waals surface area contributed by atoms with Gasteiger partial charge < -0.3 is 15.6 Å². The van der Waals surface area contributed by atoms with Gasteiger partial charge in [0.15, 0.2) is 0 Å². The highest BCUT2D eigenvalue weighted by Gasteiger charge is 2.18. The molecule has 1 aromatic carbocycles. The van der Waals surface area contributed by atoms with Crippen LogP contribution in [0.2, 0.25) is 0 Å². The summed E-state index contributed by atoms with van der Waals surface area (Å²) < 4.78 is 0. The third-order valence-electron chi connectivity index (χ3n) is 5.18. The Balaban J connectivity index is 0.00000172. The van der Waals surface area contributed by atoms with Gasteiger partial charge in [0.05, 0.1) is 6.54 Å². The average molecular weight is 453 g/mol. The Kier molecular flexibility index (Phi) is 13.7. The van der Waals surface area contributed by atoms with Crippen LogP contribution in [0.25, 0.3) is 0 Å². The summed E-state index contributed by atoms with van der Waals surface area (Å²) in [7, 11) is 0. The van der Waals surface area contributed by atoms with Crippen molar-refractivity contribution in [3.8, 4) is 0 Å². The van der Waals surface area contributed by atoms with Crippen molar-refractivity contribution in [1.29, 1.82) is 5.41 Å². The fraction of sp³-hybridized carbons (Fsp3) is 0.536. The van der Waals surface area contributed by atoms with Crippen LogP contribution in [-0.2, 0) is 11.2 Å². The molecule has 0 saturated heterocycles. The van der Waals surface area contributed by atoms with Crippen LogP contribution in [0.4, 0.5) is 0 Å². The minimum absolute atomic E-state index is 0.212. The van der Waals surface area contributed by atoms with Crippen molar-refractivity contribution in [3.05, 3.63) is 59.2 Å². The van der Waals surface area contributed by atoms with Crippen LogP contribution in [-0.4, -0.2) is 49.5 Å². The van der Waals surface area contributed by atoms with Crippen molar-refractivity contribution in [3.63, 3.8) is 0 Å². The number of allylic oxidation sites excluding steroid dienone is 4. The summed E-state index contributed by atoms with van der Waals surface area (Å²) in [5, 5.41) is 10.3. The molecule has 1 aliphatic heterocycles. The fourth-order valence-corrected chi connectivity index (χ4v) is 3.54. The van der Waals surface area contributed by atoms with Gasteiger partial charge in [-0.15, -0.1) is 0 Å². The van der Waals surface area contributed by atoms with E-state index in [4.69, 9.17) is 10.4 Å². The van der Waals surface area contributed by atoms with E-state index in [0.717, 1.165) is 63.1 Å². The van der Waals surface area contributed by atoms with Crippen LogP contribution in [0.15, 0.2) is 53.1 Å². The van der Waals surface area contributed by atoms with E-state index in [0.29, 0.717) is 6.54 Å². The second-order valence-corrected chi connectivity index (χ2v) is 9.02. The summed E-state index contributed by atoms with van der Waals surface area (Å²) in [5.74, 6) is 1.09. The Labute approximate surface area is 201 Å². The van der Waals surface area contributed by atoms with E-state index in [9.17, 15) is 4.79 Å². The molecule has 0 aliphatic carbocycles. The van der Waals surface area contributed by atoms with Gasteiger partial charge >= 0.3 is 0 Å². The largest absolute Gasteiger partial charge is 0.358 e. The normalized spacial score (nSPS) is 14.0. The maximum absolute atomic E-state index is 10.4. The second-order valence-electron chi connectivity index (χ2n) is 9.02. The molecule has 5 nitrogen and oxygen atoms in total. The van der Waals surface area contributed by atoms with E-state index < -0.39 is 0 Å². The topological polar surface area (TPSA) is 68.6 Å². The first kappa shape index (κ1) is 28.3. The molecule has 0 fully saturated rings.